The molecule has 0 amide bonds. The normalized spacial score (nSPS) is 16.7. The molecule has 0 aromatic heterocycles. The van der Waals surface area contributed by atoms with Crippen molar-refractivity contribution in [3.8, 4) is 0 Å². The van der Waals surface area contributed by atoms with E-state index < -0.39 is 0 Å². The number of hydrogen-bond donors (Lipinski definition) is 0. The van der Waals surface area contributed by atoms with E-state index in [0.717, 1.165) is 6.42 Å². The summed E-state index contributed by atoms with van der Waals surface area (Å²) < 4.78 is 0. The molecule has 1 atom stereocenters. The molecule has 0 saturated heterocycles. The van der Waals surface area contributed by atoms with Crippen molar-refractivity contribution in [1.29, 1.82) is 0 Å². The quantitative estimate of drug-likeness (QED) is 0.456. The molecule has 0 radical (unpaired) electrons. The van der Waals surface area contributed by atoms with Crippen molar-refractivity contribution in [2.75, 3.05) is 14.1 Å². The summed E-state index contributed by atoms with van der Waals surface area (Å²) in [6.45, 7) is 4.08. The Morgan fingerprint density at radius 3 is 1.78 bits per heavy atom. The summed E-state index contributed by atoms with van der Waals surface area (Å²) in [6, 6.07) is 0. The van der Waals surface area contributed by atoms with E-state index in [-0.39, 0.29) is 17.4 Å². The molecule has 0 aromatic carbocycles. The van der Waals surface area contributed by atoms with Crippen LogP contribution in [-0.4, -0.2) is 24.0 Å². The molecule has 0 rings (SSSR count). The van der Waals surface area contributed by atoms with Crippen LogP contribution in [0.25, 0.3) is 0 Å². The molecule has 0 spiro atoms. The van der Waals surface area contributed by atoms with E-state index in [1.165, 1.54) is 0 Å². The van der Waals surface area contributed by atoms with Gasteiger partial charge in [-0.1, -0.05) is 6.92 Å². The zero-order chi connectivity index (χ0) is 6.78. The van der Waals surface area contributed by atoms with Crippen LogP contribution in [0, 0.1) is 0 Å². The van der Waals surface area contributed by atoms with Crippen LogP contribution in [0.15, 0.2) is 0 Å². The summed E-state index contributed by atoms with van der Waals surface area (Å²) in [7, 11) is 3.97. The summed E-state index contributed by atoms with van der Waals surface area (Å²) in [5, 5.41) is 0. The molecule has 0 aliphatic carbocycles. The van der Waals surface area contributed by atoms with Crippen LogP contribution in [0.5, 0.6) is 0 Å². The van der Waals surface area contributed by atoms with Crippen molar-refractivity contribution in [3.05, 3.63) is 0 Å². The molecule has 0 fully saturated rings. The van der Waals surface area contributed by atoms with E-state index in [1.807, 2.05) is 25.9 Å². The molecule has 0 bridgehead atoms. The number of rotatable bonds is 2. The summed E-state index contributed by atoms with van der Waals surface area (Å²) in [5.41, 5.74) is 0. The van der Waals surface area contributed by atoms with Gasteiger partial charge in [0.15, 0.2) is 0 Å². The maximum absolute atomic E-state index is 5.98. The van der Waals surface area contributed by atoms with Gasteiger partial charge in [0.2, 0.25) is 0 Å². The van der Waals surface area contributed by atoms with Gasteiger partial charge in [-0.25, -0.2) is 0 Å². The molecule has 1 unspecified atom stereocenters. The molecule has 1 nitrogen and oxygen atoms in total. The highest BCUT2D eigenvalue weighted by Gasteiger charge is 2.19. The van der Waals surface area contributed by atoms with Crippen LogP contribution in [0.2, 0.25) is 0 Å². The predicted molar refractivity (Wildman–Crippen MR) is 45.5 cm³/mol. The number of nitrogens with zero attached hydrogens (tertiary/aromatic N) is 1. The molecule has 0 N–H and O–H groups in total. The first-order valence-electron chi connectivity index (χ1n) is 2.87. The third kappa shape index (κ3) is 4.01. The Morgan fingerprint density at radius 2 is 1.78 bits per heavy atom. The van der Waals surface area contributed by atoms with E-state index in [9.17, 15) is 0 Å². The van der Waals surface area contributed by atoms with Gasteiger partial charge >= 0.3 is 0 Å². The summed E-state index contributed by atoms with van der Waals surface area (Å²) in [6.07, 6.45) is 0.974. The first kappa shape index (κ1) is 12.2. The van der Waals surface area contributed by atoms with Crippen molar-refractivity contribution < 1.29 is 0 Å². The van der Waals surface area contributed by atoms with Crippen LogP contribution in [0.1, 0.15) is 20.3 Å². The van der Waals surface area contributed by atoms with Crippen molar-refractivity contribution in [2.45, 2.75) is 25.3 Å². The summed E-state index contributed by atoms with van der Waals surface area (Å²) >= 11 is 5.98. The van der Waals surface area contributed by atoms with Crippen molar-refractivity contribution in [1.82, 2.24) is 4.90 Å². The zero-order valence-electron chi connectivity index (χ0n) is 6.44. The maximum atomic E-state index is 5.98. The highest BCUT2D eigenvalue weighted by molar-refractivity contribution is 6.23. The number of alkyl halides is 1. The van der Waals surface area contributed by atoms with Crippen molar-refractivity contribution >= 4 is 24.0 Å². The van der Waals surface area contributed by atoms with Crippen LogP contribution in [0.3, 0.4) is 0 Å². The van der Waals surface area contributed by atoms with Gasteiger partial charge in [-0.3, -0.25) is 4.90 Å². The second-order valence-electron chi connectivity index (χ2n) is 2.39. The van der Waals surface area contributed by atoms with E-state index in [1.54, 1.807) is 0 Å². The van der Waals surface area contributed by atoms with Gasteiger partial charge in [0, 0.05) is 0 Å². The van der Waals surface area contributed by atoms with Gasteiger partial charge in [0.1, 0.15) is 0 Å². The van der Waals surface area contributed by atoms with Crippen LogP contribution < -0.4 is 0 Å². The summed E-state index contributed by atoms with van der Waals surface area (Å²) in [4.78, 5) is 1.86. The van der Waals surface area contributed by atoms with E-state index in [2.05, 4.69) is 6.92 Å². The number of hydrogen-bond acceptors (Lipinski definition) is 1. The van der Waals surface area contributed by atoms with Gasteiger partial charge in [0.25, 0.3) is 0 Å². The Morgan fingerprint density at radius 1 is 1.44 bits per heavy atom. The topological polar surface area (TPSA) is 3.24 Å². The fourth-order valence-corrected chi connectivity index (χ4v) is 0.316. The maximum Gasteiger partial charge on any atom is 0.0924 e. The van der Waals surface area contributed by atoms with Gasteiger partial charge in [-0.15, -0.1) is 24.0 Å². The van der Waals surface area contributed by atoms with E-state index >= 15 is 0 Å². The molecule has 0 saturated carbocycles. The van der Waals surface area contributed by atoms with Crippen LogP contribution in [0.4, 0.5) is 0 Å². The molecule has 9 heavy (non-hydrogen) atoms. The smallest absolute Gasteiger partial charge is 0.0924 e. The molecule has 58 valence electrons. The van der Waals surface area contributed by atoms with Crippen LogP contribution >= 0.6 is 24.0 Å². The third-order valence-corrected chi connectivity index (χ3v) is 2.18. The highest BCUT2D eigenvalue weighted by Crippen LogP contribution is 2.19. The first-order chi connectivity index (χ1) is 3.50. The van der Waals surface area contributed by atoms with Gasteiger partial charge in [-0.2, -0.15) is 0 Å². The van der Waals surface area contributed by atoms with Gasteiger partial charge < -0.3 is 0 Å². The van der Waals surface area contributed by atoms with Crippen LogP contribution in [-0.2, 0) is 0 Å². The van der Waals surface area contributed by atoms with Crippen molar-refractivity contribution in [3.63, 3.8) is 0 Å². The standard InChI is InChI=1S/C6H14ClN.ClH/c1-5-6(2,7)8(3)4;/h5H2,1-4H3;1H. The lowest BCUT2D eigenvalue weighted by atomic mass is 10.2. The average Bonchev–Trinajstić information content (AvgIpc) is 1.67. The largest absolute Gasteiger partial charge is 0.291 e. The molecular weight excluding hydrogens is 157 g/mol. The minimum atomic E-state index is -0.153. The lowest BCUT2D eigenvalue weighted by Crippen LogP contribution is -2.34. The fourth-order valence-electron chi connectivity index (χ4n) is 0.316. The Labute approximate surface area is 68.8 Å². The second-order valence-corrected chi connectivity index (χ2v) is 3.20. The first-order valence-corrected chi connectivity index (χ1v) is 3.25. The fraction of sp³-hybridized carbons (Fsp3) is 1.00. The molecular formula is C6H15Cl2N. The van der Waals surface area contributed by atoms with E-state index in [0.29, 0.717) is 0 Å². The van der Waals surface area contributed by atoms with E-state index in [4.69, 9.17) is 11.6 Å². The van der Waals surface area contributed by atoms with Gasteiger partial charge in [0.05, 0.1) is 5.00 Å². The summed E-state index contributed by atoms with van der Waals surface area (Å²) in [5.74, 6) is 0. The number of halogens is 2. The lowest BCUT2D eigenvalue weighted by Gasteiger charge is -2.28. The SMILES string of the molecule is CCC(C)(Cl)N(C)C.Cl. The minimum Gasteiger partial charge on any atom is -0.291 e. The predicted octanol–water partition coefficient (Wildman–Crippen LogP) is 2.33. The molecule has 3 heteroatoms. The monoisotopic (exact) mass is 171 g/mol. The average molecular weight is 172 g/mol. The molecule has 0 aromatic rings. The Balaban J connectivity index is 0. The Kier molecular flexibility index (Phi) is 5.94. The second kappa shape index (κ2) is 4.37. The third-order valence-electron chi connectivity index (χ3n) is 1.58. The Hall–Kier alpha value is 0.540. The highest BCUT2D eigenvalue weighted by atomic mass is 35.5. The Bertz CT molecular complexity index is 71.5. The molecule has 0 heterocycles. The molecule has 0 aliphatic heterocycles. The zero-order valence-corrected chi connectivity index (χ0v) is 8.01. The minimum absolute atomic E-state index is 0. The lowest BCUT2D eigenvalue weighted by molar-refractivity contribution is 0.262. The van der Waals surface area contributed by atoms with Gasteiger partial charge in [-0.05, 0) is 27.4 Å². The molecule has 0 aliphatic rings. The van der Waals surface area contributed by atoms with Crippen molar-refractivity contribution in [2.24, 2.45) is 0 Å².